The van der Waals surface area contributed by atoms with E-state index in [0.717, 1.165) is 11.1 Å². The Balaban J connectivity index is 1.65. The van der Waals surface area contributed by atoms with Gasteiger partial charge in [0.25, 0.3) is 5.95 Å². The van der Waals surface area contributed by atoms with Crippen LogP contribution in [0.15, 0.2) is 112 Å². The van der Waals surface area contributed by atoms with E-state index in [-0.39, 0.29) is 47.2 Å². The molecule has 0 amide bonds. The van der Waals surface area contributed by atoms with Gasteiger partial charge in [-0.1, -0.05) is 91.0 Å². The van der Waals surface area contributed by atoms with E-state index in [9.17, 15) is 13.6 Å². The molecule has 0 atom stereocenters. The summed E-state index contributed by atoms with van der Waals surface area (Å²) in [7, 11) is 0. The summed E-state index contributed by atoms with van der Waals surface area (Å²) in [4.78, 5) is 13.9. The zero-order chi connectivity index (χ0) is 25.6. The Labute approximate surface area is 211 Å². The van der Waals surface area contributed by atoms with E-state index in [1.54, 1.807) is 24.3 Å². The molecule has 0 N–H and O–H groups in total. The van der Waals surface area contributed by atoms with Gasteiger partial charge in [-0.3, -0.25) is 4.79 Å². The maximum Gasteiger partial charge on any atom is 0.387 e. The molecule has 0 fully saturated rings. The van der Waals surface area contributed by atoms with Gasteiger partial charge in [-0.05, 0) is 16.7 Å². The van der Waals surface area contributed by atoms with Crippen molar-refractivity contribution in [2.45, 2.75) is 19.8 Å². The summed E-state index contributed by atoms with van der Waals surface area (Å²) in [6, 6.07) is 30.2. The van der Waals surface area contributed by atoms with Gasteiger partial charge in [0.2, 0.25) is 5.43 Å². The fraction of sp³-hybridized carbons (Fsp3) is 0.100. The van der Waals surface area contributed by atoms with Crippen molar-refractivity contribution in [3.63, 3.8) is 0 Å². The molecule has 5 rings (SSSR count). The lowest BCUT2D eigenvalue weighted by Crippen LogP contribution is -2.11. The van der Waals surface area contributed by atoms with Crippen LogP contribution in [0, 0.1) is 0 Å². The topological polar surface area (TPSA) is 57.9 Å². The third kappa shape index (κ3) is 5.62. The molecule has 0 spiro atoms. The van der Waals surface area contributed by atoms with Gasteiger partial charge in [-0.25, -0.2) is 0 Å². The van der Waals surface area contributed by atoms with E-state index in [2.05, 4.69) is 4.74 Å². The molecular formula is C30H22F2O5. The van der Waals surface area contributed by atoms with Crippen LogP contribution in [0.1, 0.15) is 11.1 Å². The molecule has 37 heavy (non-hydrogen) atoms. The third-order valence-corrected chi connectivity index (χ3v) is 5.64. The molecule has 186 valence electrons. The average Bonchev–Trinajstić information content (AvgIpc) is 2.91. The van der Waals surface area contributed by atoms with Crippen LogP contribution in [0.25, 0.3) is 22.1 Å². The summed E-state index contributed by atoms with van der Waals surface area (Å²) in [5.74, 6) is -0.163. The molecule has 0 saturated carbocycles. The quantitative estimate of drug-likeness (QED) is 0.214. The molecule has 0 radical (unpaired) electrons. The number of hydrogen-bond donors (Lipinski definition) is 0. The molecule has 1 heterocycles. The molecule has 0 saturated heterocycles. The molecular weight excluding hydrogens is 478 g/mol. The summed E-state index contributed by atoms with van der Waals surface area (Å²) in [6.45, 7) is -2.82. The van der Waals surface area contributed by atoms with E-state index in [1.807, 2.05) is 66.7 Å². The van der Waals surface area contributed by atoms with Crippen molar-refractivity contribution in [1.29, 1.82) is 0 Å². The molecule has 7 heteroatoms. The van der Waals surface area contributed by atoms with Crippen LogP contribution in [-0.4, -0.2) is 6.61 Å². The first kappa shape index (κ1) is 24.1. The van der Waals surface area contributed by atoms with Crippen LogP contribution in [0.4, 0.5) is 8.78 Å². The number of benzene rings is 4. The van der Waals surface area contributed by atoms with Crippen molar-refractivity contribution in [1.82, 2.24) is 0 Å². The number of fused-ring (bicyclic) bond motifs is 1. The molecule has 5 aromatic rings. The van der Waals surface area contributed by atoms with Crippen LogP contribution in [0.3, 0.4) is 0 Å². The molecule has 5 nitrogen and oxygen atoms in total. The largest absolute Gasteiger partial charge is 0.488 e. The van der Waals surface area contributed by atoms with Crippen LogP contribution >= 0.6 is 0 Å². The highest BCUT2D eigenvalue weighted by Crippen LogP contribution is 2.37. The van der Waals surface area contributed by atoms with Crippen LogP contribution in [-0.2, 0) is 13.2 Å². The normalized spacial score (nSPS) is 11.0. The smallest absolute Gasteiger partial charge is 0.387 e. The first-order valence-electron chi connectivity index (χ1n) is 11.6. The second-order valence-electron chi connectivity index (χ2n) is 8.18. The lowest BCUT2D eigenvalue weighted by Gasteiger charge is -2.15. The summed E-state index contributed by atoms with van der Waals surface area (Å²) in [6.07, 6.45) is 0. The number of rotatable bonds is 9. The van der Waals surface area contributed by atoms with E-state index in [0.29, 0.717) is 5.56 Å². The number of alkyl halides is 2. The average molecular weight is 500 g/mol. The predicted octanol–water partition coefficient (Wildman–Crippen LogP) is 7.22. The Morgan fingerprint density at radius 2 is 1.30 bits per heavy atom. The Kier molecular flexibility index (Phi) is 7.12. The number of hydrogen-bond acceptors (Lipinski definition) is 5. The van der Waals surface area contributed by atoms with Crippen LogP contribution < -0.4 is 19.6 Å². The first-order chi connectivity index (χ1) is 18.1. The van der Waals surface area contributed by atoms with Crippen molar-refractivity contribution in [2.24, 2.45) is 0 Å². The minimum Gasteiger partial charge on any atom is -0.488 e. The summed E-state index contributed by atoms with van der Waals surface area (Å²) in [5.41, 5.74) is 2.09. The van der Waals surface area contributed by atoms with E-state index >= 15 is 0 Å². The maximum absolute atomic E-state index is 13.9. The zero-order valence-electron chi connectivity index (χ0n) is 19.6. The Bertz CT molecular complexity index is 1540. The minimum absolute atomic E-state index is 0.00829. The van der Waals surface area contributed by atoms with Gasteiger partial charge in [0, 0.05) is 12.1 Å². The zero-order valence-corrected chi connectivity index (χ0v) is 19.6. The third-order valence-electron chi connectivity index (χ3n) is 5.64. The van der Waals surface area contributed by atoms with Gasteiger partial charge in [0.15, 0.2) is 0 Å². The predicted molar refractivity (Wildman–Crippen MR) is 136 cm³/mol. The molecule has 0 unspecified atom stereocenters. The van der Waals surface area contributed by atoms with Gasteiger partial charge in [-0.2, -0.15) is 8.78 Å². The van der Waals surface area contributed by atoms with Gasteiger partial charge in [0.1, 0.15) is 41.2 Å². The standard InChI is InChI=1S/C30H22F2O5/c31-30(32)36-23-16-24(34-18-20-10-4-1-5-11-20)27-25(17-23)37-29(35-19-21-12-6-2-7-13-21)26(28(27)33)22-14-8-3-9-15-22/h1-17,30H,18-19H2. The van der Waals surface area contributed by atoms with Crippen molar-refractivity contribution < 1.29 is 27.4 Å². The highest BCUT2D eigenvalue weighted by atomic mass is 19.3. The Morgan fingerprint density at radius 1 is 0.730 bits per heavy atom. The van der Waals surface area contributed by atoms with Crippen molar-refractivity contribution in [3.8, 4) is 28.6 Å². The Hall–Kier alpha value is -4.65. The molecule has 0 bridgehead atoms. The first-order valence-corrected chi connectivity index (χ1v) is 11.6. The maximum atomic E-state index is 13.9. The second kappa shape index (κ2) is 11.0. The highest BCUT2D eigenvalue weighted by molar-refractivity contribution is 5.90. The van der Waals surface area contributed by atoms with Crippen molar-refractivity contribution >= 4 is 11.0 Å². The lowest BCUT2D eigenvalue weighted by molar-refractivity contribution is -0.0498. The van der Waals surface area contributed by atoms with Crippen molar-refractivity contribution in [2.75, 3.05) is 0 Å². The summed E-state index contributed by atoms with van der Waals surface area (Å²) < 4.78 is 48.7. The highest BCUT2D eigenvalue weighted by Gasteiger charge is 2.22. The minimum atomic E-state index is -3.07. The van der Waals surface area contributed by atoms with E-state index < -0.39 is 12.0 Å². The lowest BCUT2D eigenvalue weighted by atomic mass is 10.0. The summed E-state index contributed by atoms with van der Waals surface area (Å²) in [5, 5.41) is 0.100. The molecule has 0 aliphatic heterocycles. The summed E-state index contributed by atoms with van der Waals surface area (Å²) >= 11 is 0. The Morgan fingerprint density at radius 3 is 1.89 bits per heavy atom. The number of ether oxygens (including phenoxy) is 3. The van der Waals surface area contributed by atoms with Gasteiger partial charge in [-0.15, -0.1) is 0 Å². The molecule has 4 aromatic carbocycles. The van der Waals surface area contributed by atoms with Gasteiger partial charge >= 0.3 is 6.61 Å². The molecule has 0 aliphatic rings. The fourth-order valence-electron chi connectivity index (χ4n) is 3.94. The molecule has 1 aromatic heterocycles. The number of halogens is 2. The van der Waals surface area contributed by atoms with E-state index in [1.165, 1.54) is 12.1 Å². The van der Waals surface area contributed by atoms with Crippen LogP contribution in [0.2, 0.25) is 0 Å². The van der Waals surface area contributed by atoms with Crippen LogP contribution in [0.5, 0.6) is 17.4 Å². The monoisotopic (exact) mass is 500 g/mol. The van der Waals surface area contributed by atoms with Gasteiger partial charge in [0.05, 0.1) is 0 Å². The van der Waals surface area contributed by atoms with Crippen molar-refractivity contribution in [3.05, 3.63) is 124 Å². The SMILES string of the molecule is O=c1c(-c2ccccc2)c(OCc2ccccc2)oc2cc(OC(F)F)cc(OCc3ccccc3)c12. The van der Waals surface area contributed by atoms with E-state index in [4.69, 9.17) is 13.9 Å². The van der Waals surface area contributed by atoms with Gasteiger partial charge < -0.3 is 18.6 Å². The fourth-order valence-corrected chi connectivity index (χ4v) is 3.94. The molecule has 0 aliphatic carbocycles. The second-order valence-corrected chi connectivity index (χ2v) is 8.18.